The number of hydrogen-bond donors (Lipinski definition) is 2. The number of nitro groups is 1. The summed E-state index contributed by atoms with van der Waals surface area (Å²) in [4.78, 5) is 47.2. The summed E-state index contributed by atoms with van der Waals surface area (Å²) in [7, 11) is 0. The van der Waals surface area contributed by atoms with Crippen LogP contribution < -0.4 is 5.73 Å². The average Bonchev–Trinajstić information content (AvgIpc) is 2.51. The number of carboxylic acid groups (broad SMARTS) is 1. The zero-order valence-corrected chi connectivity index (χ0v) is 11.6. The fraction of sp³-hybridized carbons (Fsp3) is 0.133. The van der Waals surface area contributed by atoms with Crippen LogP contribution >= 0.6 is 0 Å². The molecule has 1 atom stereocenters. The topological polar surface area (TPSA) is 141 Å². The summed E-state index contributed by atoms with van der Waals surface area (Å²) in [6.45, 7) is 0. The van der Waals surface area contributed by atoms with Gasteiger partial charge in [0.05, 0.1) is 4.92 Å². The third kappa shape index (κ3) is 1.85. The standard InChI is InChI=1S/C15H10N2O6/c16-15(14(20)21)6-5-9(17(22)23)10-11(15)13(19)8-4-2-1-3-7(8)12(10)18/h1-5H,6,16H2,(H,20,21). The third-order valence-corrected chi connectivity index (χ3v) is 4.02. The zero-order valence-electron chi connectivity index (χ0n) is 11.6. The lowest BCUT2D eigenvalue weighted by Crippen LogP contribution is -2.55. The van der Waals surface area contributed by atoms with Crippen LogP contribution in [0.2, 0.25) is 0 Å². The highest BCUT2D eigenvalue weighted by Crippen LogP contribution is 2.40. The van der Waals surface area contributed by atoms with Crippen molar-refractivity contribution in [2.45, 2.75) is 12.0 Å². The highest BCUT2D eigenvalue weighted by atomic mass is 16.6. The number of carboxylic acids is 1. The maximum Gasteiger partial charge on any atom is 0.328 e. The Morgan fingerprint density at radius 3 is 2.30 bits per heavy atom. The van der Waals surface area contributed by atoms with Gasteiger partial charge in [-0.05, 0) is 6.08 Å². The predicted octanol–water partition coefficient (Wildman–Crippen LogP) is 0.709. The van der Waals surface area contributed by atoms with Crippen LogP contribution in [0.5, 0.6) is 0 Å². The minimum atomic E-state index is -2.17. The van der Waals surface area contributed by atoms with Crippen molar-refractivity contribution in [2.75, 3.05) is 0 Å². The van der Waals surface area contributed by atoms with E-state index < -0.39 is 51.3 Å². The molecule has 0 amide bonds. The highest BCUT2D eigenvalue weighted by Gasteiger charge is 2.52. The Labute approximate surface area is 129 Å². The van der Waals surface area contributed by atoms with E-state index in [1.807, 2.05) is 0 Å². The first kappa shape index (κ1) is 14.8. The molecule has 0 radical (unpaired) electrons. The number of ketones is 2. The van der Waals surface area contributed by atoms with Gasteiger partial charge in [0, 0.05) is 23.1 Å². The van der Waals surface area contributed by atoms with E-state index >= 15 is 0 Å². The van der Waals surface area contributed by atoms with Gasteiger partial charge < -0.3 is 10.8 Å². The number of aliphatic carboxylic acids is 1. The second-order valence-electron chi connectivity index (χ2n) is 5.28. The van der Waals surface area contributed by atoms with E-state index in [1.165, 1.54) is 24.3 Å². The maximum atomic E-state index is 12.7. The normalized spacial score (nSPS) is 23.1. The average molecular weight is 314 g/mol. The summed E-state index contributed by atoms with van der Waals surface area (Å²) in [5, 5.41) is 20.6. The van der Waals surface area contributed by atoms with Crippen molar-refractivity contribution in [1.29, 1.82) is 0 Å². The lowest BCUT2D eigenvalue weighted by molar-refractivity contribution is -0.420. The summed E-state index contributed by atoms with van der Waals surface area (Å²) in [6, 6.07) is 5.76. The molecule has 23 heavy (non-hydrogen) atoms. The number of rotatable bonds is 2. The minimum Gasteiger partial charge on any atom is -0.480 e. The molecule has 3 N–H and O–H groups in total. The first-order valence-electron chi connectivity index (χ1n) is 6.59. The van der Waals surface area contributed by atoms with Crippen molar-refractivity contribution in [1.82, 2.24) is 0 Å². The maximum absolute atomic E-state index is 12.7. The lowest BCUT2D eigenvalue weighted by atomic mass is 9.70. The van der Waals surface area contributed by atoms with Crippen LogP contribution in [0.15, 0.2) is 47.2 Å². The number of fused-ring (bicyclic) bond motifs is 1. The molecule has 3 rings (SSSR count). The molecule has 116 valence electrons. The molecule has 0 saturated carbocycles. The molecule has 0 aromatic heterocycles. The molecule has 0 spiro atoms. The van der Waals surface area contributed by atoms with Gasteiger partial charge >= 0.3 is 5.97 Å². The quantitative estimate of drug-likeness (QED) is 0.604. The fourth-order valence-electron chi connectivity index (χ4n) is 2.87. The molecule has 2 aliphatic carbocycles. The van der Waals surface area contributed by atoms with Crippen molar-refractivity contribution in [3.8, 4) is 0 Å². The Morgan fingerprint density at radius 1 is 1.22 bits per heavy atom. The smallest absolute Gasteiger partial charge is 0.328 e. The summed E-state index contributed by atoms with van der Waals surface area (Å²) < 4.78 is 0. The fourth-order valence-corrected chi connectivity index (χ4v) is 2.87. The minimum absolute atomic E-state index is 0.00126. The van der Waals surface area contributed by atoms with E-state index in [0.29, 0.717) is 0 Å². The van der Waals surface area contributed by atoms with Gasteiger partial charge in [0.15, 0.2) is 5.78 Å². The number of carbonyl (C=O) groups excluding carboxylic acids is 2. The lowest BCUT2D eigenvalue weighted by Gasteiger charge is -2.32. The third-order valence-electron chi connectivity index (χ3n) is 4.02. The van der Waals surface area contributed by atoms with E-state index in [0.717, 1.165) is 6.08 Å². The van der Waals surface area contributed by atoms with Crippen molar-refractivity contribution in [3.05, 3.63) is 68.4 Å². The van der Waals surface area contributed by atoms with Crippen molar-refractivity contribution in [2.24, 2.45) is 5.73 Å². The molecule has 2 aliphatic rings. The Morgan fingerprint density at radius 2 is 1.78 bits per heavy atom. The number of benzene rings is 1. The van der Waals surface area contributed by atoms with Gasteiger partial charge in [0.25, 0.3) is 5.70 Å². The molecule has 0 fully saturated rings. The molecule has 0 aliphatic heterocycles. The van der Waals surface area contributed by atoms with Gasteiger partial charge in [-0.15, -0.1) is 0 Å². The molecule has 0 bridgehead atoms. The van der Waals surface area contributed by atoms with Crippen LogP contribution in [0.25, 0.3) is 0 Å². The predicted molar refractivity (Wildman–Crippen MR) is 76.4 cm³/mol. The van der Waals surface area contributed by atoms with E-state index in [9.17, 15) is 29.6 Å². The van der Waals surface area contributed by atoms with Crippen LogP contribution in [0, 0.1) is 10.1 Å². The van der Waals surface area contributed by atoms with Crippen LogP contribution in [0.3, 0.4) is 0 Å². The molecular formula is C15H10N2O6. The van der Waals surface area contributed by atoms with Crippen LogP contribution in [0.4, 0.5) is 0 Å². The molecule has 8 nitrogen and oxygen atoms in total. The van der Waals surface area contributed by atoms with E-state index in [-0.39, 0.29) is 11.1 Å². The van der Waals surface area contributed by atoms with Crippen molar-refractivity contribution < 1.29 is 24.4 Å². The Hall–Kier alpha value is -3.13. The Kier molecular flexibility index (Phi) is 3.01. The van der Waals surface area contributed by atoms with Crippen molar-refractivity contribution in [3.63, 3.8) is 0 Å². The van der Waals surface area contributed by atoms with Gasteiger partial charge in [-0.3, -0.25) is 19.7 Å². The first-order chi connectivity index (χ1) is 10.8. The van der Waals surface area contributed by atoms with Crippen molar-refractivity contribution >= 4 is 17.5 Å². The summed E-state index contributed by atoms with van der Waals surface area (Å²) in [6.07, 6.45) is 0.532. The first-order valence-corrected chi connectivity index (χ1v) is 6.59. The van der Waals surface area contributed by atoms with Crippen LogP contribution in [-0.2, 0) is 4.79 Å². The number of Topliss-reactive ketones (excluding diaryl/α,β-unsaturated/α-hetero) is 2. The largest absolute Gasteiger partial charge is 0.480 e. The van der Waals surface area contributed by atoms with Gasteiger partial charge in [-0.25, -0.2) is 4.79 Å². The van der Waals surface area contributed by atoms with E-state index in [2.05, 4.69) is 0 Å². The number of nitrogens with zero attached hydrogens (tertiary/aromatic N) is 1. The molecule has 1 aromatic carbocycles. The molecule has 0 saturated heterocycles. The summed E-state index contributed by atoms with van der Waals surface area (Å²) in [5.41, 5.74) is 2.01. The zero-order chi connectivity index (χ0) is 16.9. The van der Waals surface area contributed by atoms with E-state index in [1.54, 1.807) is 0 Å². The van der Waals surface area contributed by atoms with E-state index in [4.69, 9.17) is 5.73 Å². The second-order valence-corrected chi connectivity index (χ2v) is 5.28. The number of hydrogen-bond acceptors (Lipinski definition) is 6. The molecule has 0 heterocycles. The monoisotopic (exact) mass is 314 g/mol. The van der Waals surface area contributed by atoms with Gasteiger partial charge in [-0.2, -0.15) is 0 Å². The summed E-state index contributed by atoms with van der Waals surface area (Å²) in [5.74, 6) is -3.06. The van der Waals surface area contributed by atoms with Crippen LogP contribution in [-0.4, -0.2) is 33.1 Å². The summed E-state index contributed by atoms with van der Waals surface area (Å²) >= 11 is 0. The number of nitrogens with two attached hydrogens (primary N) is 1. The number of allylic oxidation sites excluding steroid dienone is 1. The molecule has 8 heteroatoms. The van der Waals surface area contributed by atoms with Gasteiger partial charge in [0.2, 0.25) is 5.78 Å². The molecule has 1 aromatic rings. The Balaban J connectivity index is 2.37. The SMILES string of the molecule is NC1(C(=O)O)CC=C([N+](=O)[O-])C2=C1C(=O)c1ccccc1C2=O. The molecular weight excluding hydrogens is 304 g/mol. The van der Waals surface area contributed by atoms with Crippen LogP contribution in [0.1, 0.15) is 27.1 Å². The van der Waals surface area contributed by atoms with Gasteiger partial charge in [-0.1, -0.05) is 24.3 Å². The van der Waals surface area contributed by atoms with Gasteiger partial charge in [0.1, 0.15) is 11.1 Å². The molecule has 1 unspecified atom stereocenters. The number of carbonyl (C=O) groups is 3. The highest BCUT2D eigenvalue weighted by molar-refractivity contribution is 6.30. The Bertz CT molecular complexity index is 866. The second kappa shape index (κ2) is 4.68.